The summed E-state index contributed by atoms with van der Waals surface area (Å²) in [5.74, 6) is 15.0. The van der Waals surface area contributed by atoms with Gasteiger partial charge in [-0.05, 0) is 220 Å². The van der Waals surface area contributed by atoms with Crippen LogP contribution < -0.4 is 0 Å². The van der Waals surface area contributed by atoms with Crippen LogP contribution in [-0.4, -0.2) is 0 Å². The van der Waals surface area contributed by atoms with Gasteiger partial charge in [0.25, 0.3) is 0 Å². The Labute approximate surface area is 580 Å². The van der Waals surface area contributed by atoms with Crippen LogP contribution in [0.2, 0.25) is 0 Å². The molecule has 8 aliphatic rings. The number of benzene rings is 2. The summed E-state index contributed by atoms with van der Waals surface area (Å²) in [7, 11) is 0. The summed E-state index contributed by atoms with van der Waals surface area (Å²) in [5.41, 5.74) is 33.4. The van der Waals surface area contributed by atoms with Crippen molar-refractivity contribution < 1.29 is 0 Å². The van der Waals surface area contributed by atoms with Crippen LogP contribution in [0.4, 0.5) is 0 Å². The fourth-order valence-electron chi connectivity index (χ4n) is 14.0. The van der Waals surface area contributed by atoms with Crippen molar-refractivity contribution in [1.29, 1.82) is 0 Å². The van der Waals surface area contributed by atoms with Gasteiger partial charge in [0.1, 0.15) is 5.92 Å². The maximum atomic E-state index is 3.54. The lowest BCUT2D eigenvalue weighted by Gasteiger charge is -2.19. The van der Waals surface area contributed by atoms with E-state index in [9.17, 15) is 0 Å². The highest BCUT2D eigenvalue weighted by Crippen LogP contribution is 2.54. The number of rotatable bonds is 4. The molecule has 0 nitrogen and oxygen atoms in total. The lowest BCUT2D eigenvalue weighted by atomic mass is 9.83. The average Bonchev–Trinajstić information content (AvgIpc) is 1.52. The Kier molecular flexibility index (Phi) is 17.7. The second kappa shape index (κ2) is 24.8. The van der Waals surface area contributed by atoms with Crippen molar-refractivity contribution in [2.45, 2.75) is 204 Å². The Bertz CT molecular complexity index is 4570. The molecule has 11 rings (SSSR count). The van der Waals surface area contributed by atoms with Gasteiger partial charge in [-0.1, -0.05) is 242 Å². The molecule has 0 fully saturated rings. The van der Waals surface area contributed by atoms with Crippen LogP contribution in [0.5, 0.6) is 0 Å². The van der Waals surface area contributed by atoms with Crippen molar-refractivity contribution in [2.75, 3.05) is 0 Å². The van der Waals surface area contributed by atoms with E-state index in [2.05, 4.69) is 384 Å². The van der Waals surface area contributed by atoms with Gasteiger partial charge in [-0.25, -0.2) is 0 Å². The number of hydrogen-bond donors (Lipinski definition) is 0. The highest BCUT2D eigenvalue weighted by Gasteiger charge is 2.37. The first-order valence-corrected chi connectivity index (χ1v) is 35.1. The molecule has 0 saturated heterocycles. The summed E-state index contributed by atoms with van der Waals surface area (Å²) >= 11 is 0. The molecule has 486 valence electrons. The van der Waals surface area contributed by atoms with E-state index in [4.69, 9.17) is 0 Å². The minimum Gasteiger partial charge on any atom is -0.0617 e. The van der Waals surface area contributed by atoms with E-state index in [1.807, 2.05) is 0 Å². The molecule has 8 aliphatic carbocycles. The maximum Gasteiger partial charge on any atom is 0.114 e. The maximum absolute atomic E-state index is 3.54. The van der Waals surface area contributed by atoms with E-state index in [0.29, 0.717) is 0 Å². The molecular weight excluding hydrogens is 1150 g/mol. The minimum atomic E-state index is -0.0829. The van der Waals surface area contributed by atoms with Crippen LogP contribution in [0.3, 0.4) is 0 Å². The Morgan fingerprint density at radius 3 is 1.01 bits per heavy atom. The Morgan fingerprint density at radius 1 is 0.312 bits per heavy atom. The summed E-state index contributed by atoms with van der Waals surface area (Å²) in [6.07, 6.45) is 11.5. The zero-order chi connectivity index (χ0) is 69.6. The summed E-state index contributed by atoms with van der Waals surface area (Å²) in [5, 5.41) is 0. The molecule has 0 radical (unpaired) electrons. The van der Waals surface area contributed by atoms with Gasteiger partial charge < -0.3 is 0 Å². The van der Waals surface area contributed by atoms with Crippen molar-refractivity contribution in [1.82, 2.24) is 0 Å². The lowest BCUT2D eigenvalue weighted by molar-refractivity contribution is 0.568. The fourth-order valence-corrected chi connectivity index (χ4v) is 14.0. The van der Waals surface area contributed by atoms with Gasteiger partial charge in [0.2, 0.25) is 0 Å². The van der Waals surface area contributed by atoms with Crippen LogP contribution in [0.25, 0.3) is 55.7 Å². The number of hydrogen-bond acceptors (Lipinski definition) is 0. The highest BCUT2D eigenvalue weighted by molar-refractivity contribution is 6.13. The molecule has 0 unspecified atom stereocenters. The Balaban J connectivity index is 0.944. The predicted molar refractivity (Wildman–Crippen MR) is 418 cm³/mol. The van der Waals surface area contributed by atoms with E-state index in [1.165, 1.54) is 134 Å². The molecule has 0 heteroatoms. The number of allylic oxidation sites excluding steroid dienone is 8. The summed E-state index contributed by atoms with van der Waals surface area (Å²) in [6.45, 7) is 55.9. The van der Waals surface area contributed by atoms with Gasteiger partial charge in [-0.15, -0.1) is 0 Å². The molecular formula is C96H104+2. The Morgan fingerprint density at radius 2 is 0.656 bits per heavy atom. The van der Waals surface area contributed by atoms with Crippen molar-refractivity contribution >= 4 is 22.3 Å². The fraction of sp³-hybridized carbons (Fsp3) is 0.333. The van der Waals surface area contributed by atoms with Crippen LogP contribution in [0.1, 0.15) is 255 Å². The van der Waals surface area contributed by atoms with Crippen molar-refractivity contribution in [3.8, 4) is 57.1 Å². The zero-order valence-corrected chi connectivity index (χ0v) is 62.5. The van der Waals surface area contributed by atoms with Gasteiger partial charge in [0.15, 0.2) is 0 Å². The van der Waals surface area contributed by atoms with E-state index in [0.717, 1.165) is 22.6 Å². The second-order valence-corrected chi connectivity index (χ2v) is 35.7. The summed E-state index contributed by atoms with van der Waals surface area (Å²) in [6, 6.07) is 62.8. The number of fused-ring (bicyclic) bond motifs is 4. The van der Waals surface area contributed by atoms with Crippen molar-refractivity contribution in [3.63, 3.8) is 0 Å². The average molecular weight is 1260 g/mol. The normalized spacial score (nSPS) is 14.6. The molecule has 0 N–H and O–H groups in total. The molecule has 0 aromatic heterocycles. The molecule has 0 heterocycles. The molecule has 0 atom stereocenters. The summed E-state index contributed by atoms with van der Waals surface area (Å²) in [4.78, 5) is 0. The van der Waals surface area contributed by atoms with Gasteiger partial charge in [0.05, 0.1) is 45.9 Å². The third kappa shape index (κ3) is 14.1. The molecule has 0 amide bonds. The lowest BCUT2D eigenvalue weighted by Crippen LogP contribution is -2.10. The monoisotopic (exact) mass is 1260 g/mol. The van der Waals surface area contributed by atoms with Crippen molar-refractivity contribution in [3.05, 3.63) is 295 Å². The Hall–Kier alpha value is -8.68. The van der Waals surface area contributed by atoms with Crippen LogP contribution in [0.15, 0.2) is 200 Å². The molecule has 0 aliphatic heterocycles. The second-order valence-electron chi connectivity index (χ2n) is 35.7. The van der Waals surface area contributed by atoms with Crippen molar-refractivity contribution in [2.24, 2.45) is 5.41 Å². The zero-order valence-electron chi connectivity index (χ0n) is 62.5. The highest BCUT2D eigenvalue weighted by atomic mass is 14.4. The van der Waals surface area contributed by atoms with E-state index < -0.39 is 0 Å². The first kappa shape index (κ1) is 68.7. The smallest absolute Gasteiger partial charge is 0.0617 e. The topological polar surface area (TPSA) is 0 Å². The molecule has 0 saturated carbocycles. The van der Waals surface area contributed by atoms with Gasteiger partial charge in [-0.2, -0.15) is 0 Å². The van der Waals surface area contributed by atoms with Crippen LogP contribution >= 0.6 is 0 Å². The minimum absolute atomic E-state index is 0.00534. The predicted octanol–water partition coefficient (Wildman–Crippen LogP) is 25.7. The third-order valence-corrected chi connectivity index (χ3v) is 19.8. The van der Waals surface area contributed by atoms with Gasteiger partial charge in [-0.3, -0.25) is 0 Å². The molecule has 0 bridgehead atoms. The SMILES string of the molecule is CC(C)(C)C1=C/C(=C(/c2ccc(C#Cc3ccc(C#C[C+]4C=CC(=C(c5cc(C(C)(C)C)c6ccc(C(C)(C)C)ccc5-6)c5cc(C(C)(C)C)c6ccc(C(C)(C)C)ccc5-6)C=C4)cc3)cc2)c2cc(C(C)(C)C)c3ccc(C(C)(C)C)ccc2-3)c2cc[c+](C(C)(C)C)ccc21. The van der Waals surface area contributed by atoms with Crippen LogP contribution in [0, 0.1) is 35.0 Å². The van der Waals surface area contributed by atoms with E-state index in [-0.39, 0.29) is 43.3 Å². The quantitative estimate of drug-likeness (QED) is 0.122. The third-order valence-electron chi connectivity index (χ3n) is 19.8. The van der Waals surface area contributed by atoms with Gasteiger partial charge in [0, 0.05) is 70.0 Å². The summed E-state index contributed by atoms with van der Waals surface area (Å²) < 4.78 is 0. The first-order valence-electron chi connectivity index (χ1n) is 35.1. The molecule has 3 aromatic carbocycles. The van der Waals surface area contributed by atoms with E-state index in [1.54, 1.807) is 0 Å². The van der Waals surface area contributed by atoms with E-state index >= 15 is 0 Å². The molecule has 0 spiro atoms. The molecule has 3 aromatic rings. The molecule has 96 heavy (non-hydrogen) atoms. The van der Waals surface area contributed by atoms with Crippen LogP contribution in [-0.2, 0) is 37.9 Å². The largest absolute Gasteiger partial charge is 0.114 e. The van der Waals surface area contributed by atoms with Gasteiger partial charge >= 0.3 is 0 Å². The first-order chi connectivity index (χ1) is 44.6. The standard InChI is InChI=1S/C96H104/c1-89(2,3)67-41-49-71-75(53-45-67)83(93(13,14)15)57-79(71)87(80-58-84(94(16,17)18)76-54-46-68(90(4,5)6)42-50-72(76)80)65-37-33-63(34-38-65)31-29-61-25-27-62(28-26-61)30-32-64-35-39-66(40-36-64)88(81-59-85(95(19,20)21)77-55-47-69(91(7,8)9)43-51-73(77)81)82-60-86(96(22,23)24)78-56-48-70(92(10,11)12)44-52-74(78)82/h25-28,33-60H,1-24H3/q+2/b87-79+.